The smallest absolute Gasteiger partial charge is 0.128 e. The van der Waals surface area contributed by atoms with Crippen LogP contribution in [0.5, 0.6) is 0 Å². The minimum Gasteiger partial charge on any atom is -0.207 e. The monoisotopic (exact) mass is 256 g/mol. The molecule has 3 rings (SSSR count). The zero-order valence-electron chi connectivity index (χ0n) is 9.50. The summed E-state index contributed by atoms with van der Waals surface area (Å²) in [5.74, 6) is 0.865. The van der Waals surface area contributed by atoms with Crippen molar-refractivity contribution in [3.05, 3.63) is 35.4 Å². The molecule has 2 saturated carbocycles. The molecule has 0 aromatic heterocycles. The molecule has 0 N–H and O–H groups in total. The van der Waals surface area contributed by atoms with Gasteiger partial charge >= 0.3 is 0 Å². The lowest BCUT2D eigenvalue weighted by Crippen LogP contribution is -2.00. The number of halogens is 3. The Morgan fingerprint density at radius 2 is 1.76 bits per heavy atom. The summed E-state index contributed by atoms with van der Waals surface area (Å²) >= 11 is 6.35. The van der Waals surface area contributed by atoms with Gasteiger partial charge in [0, 0.05) is 5.56 Å². The summed E-state index contributed by atoms with van der Waals surface area (Å²) in [6, 6.07) is 3.56. The molecule has 0 amide bonds. The largest absolute Gasteiger partial charge is 0.207 e. The van der Waals surface area contributed by atoms with Crippen molar-refractivity contribution in [2.75, 3.05) is 0 Å². The van der Waals surface area contributed by atoms with Gasteiger partial charge in [-0.2, -0.15) is 0 Å². The second-order valence-electron chi connectivity index (χ2n) is 5.26. The molecule has 0 spiro atoms. The Labute approximate surface area is 105 Å². The van der Waals surface area contributed by atoms with Gasteiger partial charge in [-0.05, 0) is 48.8 Å². The van der Waals surface area contributed by atoms with Gasteiger partial charge in [-0.15, -0.1) is 11.6 Å². The lowest BCUT2D eigenvalue weighted by Gasteiger charge is -2.10. The fraction of sp³-hybridized carbons (Fsp3) is 0.571. The summed E-state index contributed by atoms with van der Waals surface area (Å²) in [5, 5.41) is -0.362. The molecule has 0 aliphatic heterocycles. The third-order valence-corrected chi connectivity index (χ3v) is 4.84. The number of hydrogen-bond donors (Lipinski definition) is 0. The Morgan fingerprint density at radius 3 is 2.41 bits per heavy atom. The maximum atomic E-state index is 13.6. The Kier molecular flexibility index (Phi) is 2.86. The minimum atomic E-state index is -0.407. The van der Waals surface area contributed by atoms with E-state index in [9.17, 15) is 8.78 Å². The molecule has 0 heterocycles. The van der Waals surface area contributed by atoms with Gasteiger partial charge in [0.15, 0.2) is 0 Å². The molecule has 3 atom stereocenters. The van der Waals surface area contributed by atoms with Crippen LogP contribution < -0.4 is 0 Å². The Balaban J connectivity index is 1.82. The topological polar surface area (TPSA) is 0 Å². The zero-order chi connectivity index (χ0) is 12.0. The van der Waals surface area contributed by atoms with Gasteiger partial charge in [-0.1, -0.05) is 12.8 Å². The molecular weight excluding hydrogens is 242 g/mol. The van der Waals surface area contributed by atoms with E-state index in [1.54, 1.807) is 0 Å². The van der Waals surface area contributed by atoms with Crippen LogP contribution in [0.25, 0.3) is 0 Å². The number of hydrogen-bond acceptors (Lipinski definition) is 0. The second kappa shape index (κ2) is 4.24. The van der Waals surface area contributed by atoms with E-state index in [2.05, 4.69) is 0 Å². The highest BCUT2D eigenvalue weighted by Gasteiger charge is 2.54. The quantitative estimate of drug-likeness (QED) is 0.674. The van der Waals surface area contributed by atoms with Crippen LogP contribution in [0.4, 0.5) is 8.78 Å². The molecule has 2 aliphatic rings. The summed E-state index contributed by atoms with van der Waals surface area (Å²) in [6.07, 6.45) is 4.92. The Bertz CT molecular complexity index is 420. The molecule has 3 unspecified atom stereocenters. The van der Waals surface area contributed by atoms with Crippen molar-refractivity contribution in [3.63, 3.8) is 0 Å². The van der Waals surface area contributed by atoms with Crippen LogP contribution in [0.15, 0.2) is 18.2 Å². The van der Waals surface area contributed by atoms with Crippen molar-refractivity contribution in [1.29, 1.82) is 0 Å². The maximum absolute atomic E-state index is 13.6. The van der Waals surface area contributed by atoms with Gasteiger partial charge in [0.05, 0.1) is 5.38 Å². The third kappa shape index (κ3) is 1.97. The fourth-order valence-corrected chi connectivity index (χ4v) is 3.96. The summed E-state index contributed by atoms with van der Waals surface area (Å²) in [4.78, 5) is 0. The van der Waals surface area contributed by atoms with E-state index >= 15 is 0 Å². The molecule has 0 saturated heterocycles. The summed E-state index contributed by atoms with van der Waals surface area (Å²) < 4.78 is 26.8. The van der Waals surface area contributed by atoms with E-state index in [-0.39, 0.29) is 11.2 Å². The SMILES string of the molecule is Fc1ccc(F)c(C(Cl)C2C3CCCCC32)c1. The highest BCUT2D eigenvalue weighted by atomic mass is 35.5. The zero-order valence-corrected chi connectivity index (χ0v) is 10.3. The molecule has 0 nitrogen and oxygen atoms in total. The van der Waals surface area contributed by atoms with Crippen molar-refractivity contribution >= 4 is 11.6 Å². The van der Waals surface area contributed by atoms with E-state index in [1.165, 1.54) is 37.8 Å². The van der Waals surface area contributed by atoms with Crippen LogP contribution in [0.3, 0.4) is 0 Å². The van der Waals surface area contributed by atoms with Crippen LogP contribution in [0.2, 0.25) is 0 Å². The standard InChI is InChI=1S/C14H15ClF2/c15-14(11-7-8(16)5-6-12(11)17)13-9-3-1-2-4-10(9)13/h5-7,9-10,13-14H,1-4H2. The highest BCUT2D eigenvalue weighted by molar-refractivity contribution is 6.21. The van der Waals surface area contributed by atoms with E-state index in [1.807, 2.05) is 0 Å². The predicted molar refractivity (Wildman–Crippen MR) is 63.9 cm³/mol. The normalized spacial score (nSPS) is 33.0. The molecular formula is C14H15ClF2. The maximum Gasteiger partial charge on any atom is 0.128 e. The fourth-order valence-electron chi connectivity index (χ4n) is 3.42. The van der Waals surface area contributed by atoms with Crippen LogP contribution in [-0.4, -0.2) is 0 Å². The van der Waals surface area contributed by atoms with Crippen LogP contribution in [0, 0.1) is 29.4 Å². The second-order valence-corrected chi connectivity index (χ2v) is 5.73. The molecule has 1 aromatic rings. The number of fused-ring (bicyclic) bond motifs is 1. The van der Waals surface area contributed by atoms with E-state index in [4.69, 9.17) is 11.6 Å². The van der Waals surface area contributed by atoms with Gasteiger partial charge in [0.2, 0.25) is 0 Å². The average molecular weight is 257 g/mol. The van der Waals surface area contributed by atoms with E-state index in [0.717, 1.165) is 6.07 Å². The summed E-state index contributed by atoms with van der Waals surface area (Å²) in [5.41, 5.74) is 0.339. The first-order chi connectivity index (χ1) is 8.18. The summed E-state index contributed by atoms with van der Waals surface area (Å²) in [7, 11) is 0. The molecule has 2 fully saturated rings. The van der Waals surface area contributed by atoms with Gasteiger partial charge in [0.1, 0.15) is 11.6 Å². The first-order valence-electron chi connectivity index (χ1n) is 6.27. The van der Waals surface area contributed by atoms with Crippen LogP contribution in [0.1, 0.15) is 36.6 Å². The predicted octanol–water partition coefficient (Wildman–Crippen LogP) is 4.68. The number of rotatable bonds is 2. The Hall–Kier alpha value is -0.630. The van der Waals surface area contributed by atoms with Gasteiger partial charge in [0.25, 0.3) is 0 Å². The van der Waals surface area contributed by atoms with Crippen LogP contribution >= 0.6 is 11.6 Å². The van der Waals surface area contributed by atoms with E-state index in [0.29, 0.717) is 23.3 Å². The van der Waals surface area contributed by atoms with Gasteiger partial charge < -0.3 is 0 Å². The van der Waals surface area contributed by atoms with Crippen molar-refractivity contribution in [3.8, 4) is 0 Å². The van der Waals surface area contributed by atoms with Gasteiger partial charge in [-0.3, -0.25) is 0 Å². The molecule has 17 heavy (non-hydrogen) atoms. The molecule has 1 aromatic carbocycles. The molecule has 0 bridgehead atoms. The lowest BCUT2D eigenvalue weighted by atomic mass is 10.0. The highest BCUT2D eigenvalue weighted by Crippen LogP contribution is 2.62. The van der Waals surface area contributed by atoms with Crippen molar-refractivity contribution in [2.45, 2.75) is 31.1 Å². The van der Waals surface area contributed by atoms with Crippen molar-refractivity contribution in [2.24, 2.45) is 17.8 Å². The Morgan fingerprint density at radius 1 is 1.12 bits per heavy atom. The first kappa shape index (κ1) is 11.5. The van der Waals surface area contributed by atoms with E-state index < -0.39 is 5.82 Å². The lowest BCUT2D eigenvalue weighted by molar-refractivity contribution is 0.480. The first-order valence-corrected chi connectivity index (χ1v) is 6.71. The molecule has 3 heteroatoms. The van der Waals surface area contributed by atoms with Crippen molar-refractivity contribution in [1.82, 2.24) is 0 Å². The number of alkyl halides is 1. The molecule has 2 aliphatic carbocycles. The minimum absolute atomic E-state index is 0.339. The third-order valence-electron chi connectivity index (χ3n) is 4.32. The van der Waals surface area contributed by atoms with Crippen molar-refractivity contribution < 1.29 is 8.78 Å². The van der Waals surface area contributed by atoms with Crippen LogP contribution in [-0.2, 0) is 0 Å². The average Bonchev–Trinajstić information content (AvgIpc) is 3.05. The number of benzene rings is 1. The summed E-state index contributed by atoms with van der Waals surface area (Å²) in [6.45, 7) is 0. The molecule has 92 valence electrons. The molecule has 0 radical (unpaired) electrons. The van der Waals surface area contributed by atoms with Gasteiger partial charge in [-0.25, -0.2) is 8.78 Å².